The SMILES string of the molecule is CC#Cc1cc(-c2c(C)cc(F)cc2C)cc([C@@H](CC(=O)O)NC(=O)[C@@H](CC(C)C)n2cc(CCN3C[C@@H]4C[C@H]3CO4)c(C(F)(F)F)cc2=O)c1F. The maximum absolute atomic E-state index is 16.2. The van der Waals surface area contributed by atoms with Crippen LogP contribution in [0.1, 0.15) is 85.5 Å². The average Bonchev–Trinajstić information content (AvgIpc) is 3.67. The van der Waals surface area contributed by atoms with E-state index in [2.05, 4.69) is 22.1 Å². The Kier molecular flexibility index (Phi) is 11.6. The minimum atomic E-state index is -4.83. The third kappa shape index (κ3) is 8.56. The van der Waals surface area contributed by atoms with Gasteiger partial charge in [-0.1, -0.05) is 19.8 Å². The third-order valence-electron chi connectivity index (χ3n) is 9.70. The van der Waals surface area contributed by atoms with E-state index < -0.39 is 59.3 Å². The topological polar surface area (TPSA) is 101 Å². The Labute approximate surface area is 299 Å². The number of aliphatic carboxylic acids is 1. The number of benzene rings is 2. The molecule has 2 aliphatic heterocycles. The number of ether oxygens (including phenoxy) is 1. The van der Waals surface area contributed by atoms with Crippen LogP contribution in [-0.2, 0) is 26.9 Å². The Bertz CT molecular complexity index is 1960. The molecule has 3 heterocycles. The Morgan fingerprint density at radius 3 is 2.35 bits per heavy atom. The molecule has 3 aromatic rings. The van der Waals surface area contributed by atoms with E-state index in [4.69, 9.17) is 4.74 Å². The summed E-state index contributed by atoms with van der Waals surface area (Å²) in [4.78, 5) is 41.8. The Morgan fingerprint density at radius 2 is 1.79 bits per heavy atom. The normalized spacial score (nSPS) is 18.3. The Balaban J connectivity index is 1.56. The fourth-order valence-corrected chi connectivity index (χ4v) is 7.43. The number of nitrogens with zero attached hydrogens (tertiary/aromatic N) is 2. The monoisotopic (exact) mass is 727 g/mol. The molecule has 2 aliphatic rings. The van der Waals surface area contributed by atoms with Gasteiger partial charge in [-0.05, 0) is 98.0 Å². The van der Waals surface area contributed by atoms with Gasteiger partial charge in [0.1, 0.15) is 17.7 Å². The molecule has 278 valence electrons. The van der Waals surface area contributed by atoms with Crippen LogP contribution in [0, 0.1) is 43.2 Å². The van der Waals surface area contributed by atoms with Gasteiger partial charge in [0.15, 0.2) is 0 Å². The summed E-state index contributed by atoms with van der Waals surface area (Å²) >= 11 is 0. The molecule has 13 heteroatoms. The van der Waals surface area contributed by atoms with Crippen LogP contribution >= 0.6 is 0 Å². The summed E-state index contributed by atoms with van der Waals surface area (Å²) in [6.45, 7) is 9.76. The molecule has 0 unspecified atom stereocenters. The molecule has 1 aromatic heterocycles. The molecule has 4 atom stereocenters. The number of nitrogens with one attached hydrogen (secondary N) is 1. The van der Waals surface area contributed by atoms with Gasteiger partial charge in [0.2, 0.25) is 5.91 Å². The average molecular weight is 728 g/mol. The second-order valence-corrected chi connectivity index (χ2v) is 14.1. The van der Waals surface area contributed by atoms with Crippen molar-refractivity contribution < 1.29 is 41.4 Å². The van der Waals surface area contributed by atoms with Crippen LogP contribution in [0.15, 0.2) is 41.3 Å². The van der Waals surface area contributed by atoms with Crippen LogP contribution in [0.4, 0.5) is 22.0 Å². The van der Waals surface area contributed by atoms with E-state index >= 15 is 4.39 Å². The predicted octanol–water partition coefficient (Wildman–Crippen LogP) is 6.74. The first-order chi connectivity index (χ1) is 24.5. The molecule has 2 bridgehead atoms. The smallest absolute Gasteiger partial charge is 0.416 e. The summed E-state index contributed by atoms with van der Waals surface area (Å²) in [7, 11) is 0. The molecular formula is C39H42F5N3O5. The molecule has 1 amide bonds. The van der Waals surface area contributed by atoms with Crippen LogP contribution in [-0.4, -0.2) is 58.3 Å². The Morgan fingerprint density at radius 1 is 1.10 bits per heavy atom. The molecule has 2 N–H and O–H groups in total. The number of amides is 1. The van der Waals surface area contributed by atoms with Crippen molar-refractivity contribution in [3.05, 3.63) is 91.9 Å². The molecule has 2 fully saturated rings. The van der Waals surface area contributed by atoms with E-state index in [9.17, 15) is 37.1 Å². The number of alkyl halides is 3. The summed E-state index contributed by atoms with van der Waals surface area (Å²) in [6.07, 6.45) is -3.71. The molecule has 0 spiro atoms. The van der Waals surface area contributed by atoms with Gasteiger partial charge in [-0.3, -0.25) is 19.3 Å². The zero-order chi connectivity index (χ0) is 38.1. The molecule has 8 nitrogen and oxygen atoms in total. The lowest BCUT2D eigenvalue weighted by atomic mass is 9.90. The molecule has 0 saturated carbocycles. The maximum atomic E-state index is 16.2. The number of aryl methyl sites for hydroxylation is 2. The Hall–Kier alpha value is -4.54. The molecule has 2 saturated heterocycles. The van der Waals surface area contributed by atoms with Gasteiger partial charge in [0.05, 0.1) is 36.3 Å². The van der Waals surface area contributed by atoms with E-state index in [1.54, 1.807) is 27.7 Å². The highest BCUT2D eigenvalue weighted by atomic mass is 19.4. The largest absolute Gasteiger partial charge is 0.481 e. The number of carbonyl (C=O) groups excluding carboxylic acids is 1. The summed E-state index contributed by atoms with van der Waals surface area (Å²) in [5, 5.41) is 12.5. The molecular weight excluding hydrogens is 685 g/mol. The van der Waals surface area contributed by atoms with Crippen molar-refractivity contribution in [1.82, 2.24) is 14.8 Å². The van der Waals surface area contributed by atoms with Crippen LogP contribution in [0.25, 0.3) is 11.1 Å². The van der Waals surface area contributed by atoms with E-state index in [0.29, 0.717) is 48.0 Å². The van der Waals surface area contributed by atoms with Crippen LogP contribution in [0.5, 0.6) is 0 Å². The van der Waals surface area contributed by atoms with Gasteiger partial charge in [-0.2, -0.15) is 13.2 Å². The molecule has 52 heavy (non-hydrogen) atoms. The number of halogens is 5. The quantitative estimate of drug-likeness (QED) is 0.159. The zero-order valence-corrected chi connectivity index (χ0v) is 29.7. The molecule has 0 aliphatic carbocycles. The highest BCUT2D eigenvalue weighted by Crippen LogP contribution is 2.36. The summed E-state index contributed by atoms with van der Waals surface area (Å²) in [5.41, 5.74) is -0.552. The summed E-state index contributed by atoms with van der Waals surface area (Å²) < 4.78 is 79.6. The predicted molar refractivity (Wildman–Crippen MR) is 185 cm³/mol. The zero-order valence-electron chi connectivity index (χ0n) is 29.7. The number of morpholine rings is 1. The van der Waals surface area contributed by atoms with E-state index in [0.717, 1.165) is 17.2 Å². The van der Waals surface area contributed by atoms with E-state index in [-0.39, 0.29) is 47.6 Å². The maximum Gasteiger partial charge on any atom is 0.416 e. The first kappa shape index (κ1) is 38.7. The van der Waals surface area contributed by atoms with Gasteiger partial charge in [-0.15, -0.1) is 5.92 Å². The van der Waals surface area contributed by atoms with E-state index in [1.807, 2.05) is 0 Å². The van der Waals surface area contributed by atoms with Gasteiger partial charge in [0.25, 0.3) is 5.56 Å². The fourth-order valence-electron chi connectivity index (χ4n) is 7.43. The number of hydrogen-bond acceptors (Lipinski definition) is 5. The molecule has 2 aromatic carbocycles. The summed E-state index contributed by atoms with van der Waals surface area (Å²) in [5.74, 6) is 1.48. The van der Waals surface area contributed by atoms with Gasteiger partial charge in [0, 0.05) is 37.0 Å². The number of carbonyl (C=O) groups is 2. The number of hydrogen-bond donors (Lipinski definition) is 2. The lowest BCUT2D eigenvalue weighted by Gasteiger charge is -2.28. The van der Waals surface area contributed by atoms with Crippen molar-refractivity contribution in [3.8, 4) is 23.0 Å². The standard InChI is InChI=1S/C39H42F5N3O5/c1-6-7-24-13-26(36-22(4)11-27(40)12-23(36)5)14-30(37(24)41)32(17-35(49)50)45-38(51)33(10-21(2)3)47-18-25(31(16-34(47)48)39(42,43)44)8-9-46-19-29-15-28(46)20-52-29/h11-14,16,18,21,28-29,32-33H,8-10,15,17,19-20H2,1-5H3,(H,45,51)(H,49,50)/t28-,29-,32+,33+/m0/s1. The lowest BCUT2D eigenvalue weighted by Crippen LogP contribution is -2.41. The second kappa shape index (κ2) is 15.6. The highest BCUT2D eigenvalue weighted by Gasteiger charge is 2.40. The highest BCUT2D eigenvalue weighted by molar-refractivity contribution is 5.82. The first-order valence-electron chi connectivity index (χ1n) is 17.2. The minimum Gasteiger partial charge on any atom is -0.481 e. The number of fused-ring (bicyclic) bond motifs is 2. The number of aromatic nitrogens is 1. The molecule has 5 rings (SSSR count). The number of carboxylic acid groups (broad SMARTS) is 1. The number of rotatable bonds is 12. The van der Waals surface area contributed by atoms with Crippen molar-refractivity contribution in [2.24, 2.45) is 5.92 Å². The number of pyridine rings is 1. The second-order valence-electron chi connectivity index (χ2n) is 14.1. The fraction of sp³-hybridized carbons (Fsp3) is 0.462. The first-order valence-corrected chi connectivity index (χ1v) is 17.2. The van der Waals surface area contributed by atoms with Gasteiger partial charge < -0.3 is 19.7 Å². The van der Waals surface area contributed by atoms with Crippen molar-refractivity contribution in [3.63, 3.8) is 0 Å². The van der Waals surface area contributed by atoms with Gasteiger partial charge in [-0.25, -0.2) is 8.78 Å². The third-order valence-corrected chi connectivity index (χ3v) is 9.70. The number of carboxylic acids is 1. The lowest BCUT2D eigenvalue weighted by molar-refractivity contribution is -0.139. The van der Waals surface area contributed by atoms with Crippen molar-refractivity contribution in [2.75, 3.05) is 19.7 Å². The molecule has 0 radical (unpaired) electrons. The van der Waals surface area contributed by atoms with Crippen LogP contribution in [0.2, 0.25) is 0 Å². The minimum absolute atomic E-state index is 0.00655. The van der Waals surface area contributed by atoms with Crippen LogP contribution < -0.4 is 10.9 Å². The van der Waals surface area contributed by atoms with E-state index in [1.165, 1.54) is 31.2 Å². The number of likely N-dealkylation sites (tertiary alicyclic amines) is 1. The van der Waals surface area contributed by atoms with Crippen molar-refractivity contribution >= 4 is 11.9 Å². The van der Waals surface area contributed by atoms with Crippen molar-refractivity contribution in [2.45, 2.75) is 90.7 Å². The van der Waals surface area contributed by atoms with Crippen LogP contribution in [0.3, 0.4) is 0 Å². The summed E-state index contributed by atoms with van der Waals surface area (Å²) in [6, 6.07) is 3.23. The van der Waals surface area contributed by atoms with Crippen molar-refractivity contribution in [1.29, 1.82) is 0 Å². The van der Waals surface area contributed by atoms with Gasteiger partial charge >= 0.3 is 12.1 Å².